The Morgan fingerprint density at radius 2 is 0.714 bits per heavy atom. The van der Waals surface area contributed by atoms with E-state index in [0.717, 1.165) is 0 Å². The highest BCUT2D eigenvalue weighted by atomic mass is 32.3. The van der Waals surface area contributed by atoms with Crippen LogP contribution in [0.2, 0.25) is 0 Å². The number of rotatable bonds is 5. The predicted molar refractivity (Wildman–Crippen MR) is 100.0 cm³/mol. The van der Waals surface area contributed by atoms with Gasteiger partial charge in [-0.25, -0.2) is 0 Å². The van der Waals surface area contributed by atoms with Crippen LogP contribution in [-0.4, -0.2) is 84.1 Å². The third-order valence-corrected chi connectivity index (χ3v) is 4.60. The Bertz CT molecular complexity index is 499. The molecule has 0 aromatic carbocycles. The molecule has 0 spiro atoms. The number of nitrogens with zero attached hydrogens (tertiary/aromatic N) is 2. The lowest BCUT2D eigenvalue weighted by molar-refractivity contribution is 0.250. The number of hydrogen-bond donors (Lipinski definition) is 0. The maximum Gasteiger partial charge on any atom is 0.0311 e. The highest BCUT2D eigenvalue weighted by Crippen LogP contribution is 2.12. The SMILES string of the molecule is C1CCCN(CCCCN2CCCCCC2)CC1.O=S(=O)([O-])[O-].O=S(=O)([O-])[O-]. The van der Waals surface area contributed by atoms with Gasteiger partial charge in [0.15, 0.2) is 0 Å². The first-order valence-corrected chi connectivity index (χ1v) is 12.4. The van der Waals surface area contributed by atoms with Crippen LogP contribution >= 0.6 is 0 Å². The van der Waals surface area contributed by atoms with Crippen LogP contribution in [0.4, 0.5) is 0 Å². The molecule has 170 valence electrons. The first kappa shape index (κ1) is 27.7. The zero-order chi connectivity index (χ0) is 21.5. The minimum absolute atomic E-state index is 1.36. The minimum Gasteiger partial charge on any atom is -0.759 e. The molecule has 28 heavy (non-hydrogen) atoms. The van der Waals surface area contributed by atoms with Crippen LogP contribution in [0.5, 0.6) is 0 Å². The maximum atomic E-state index is 8.52. The third kappa shape index (κ3) is 25.7. The molecule has 2 fully saturated rings. The van der Waals surface area contributed by atoms with E-state index >= 15 is 0 Å². The molecular weight excluding hydrogens is 412 g/mol. The van der Waals surface area contributed by atoms with Crippen molar-refractivity contribution in [2.45, 2.75) is 64.2 Å². The van der Waals surface area contributed by atoms with Crippen molar-refractivity contribution >= 4 is 20.8 Å². The number of unbranched alkanes of at least 4 members (excludes halogenated alkanes) is 1. The van der Waals surface area contributed by atoms with Crippen LogP contribution in [-0.2, 0) is 20.8 Å². The van der Waals surface area contributed by atoms with Crippen LogP contribution in [0, 0.1) is 0 Å². The van der Waals surface area contributed by atoms with Gasteiger partial charge in [0.05, 0.1) is 0 Å². The van der Waals surface area contributed by atoms with E-state index < -0.39 is 20.8 Å². The van der Waals surface area contributed by atoms with Gasteiger partial charge in [0.2, 0.25) is 0 Å². The summed E-state index contributed by atoms with van der Waals surface area (Å²) in [6, 6.07) is 0. The summed E-state index contributed by atoms with van der Waals surface area (Å²) in [4.78, 5) is 5.41. The molecule has 0 aromatic heterocycles. The van der Waals surface area contributed by atoms with Crippen molar-refractivity contribution in [2.75, 3.05) is 39.3 Å². The largest absolute Gasteiger partial charge is 0.759 e. The Morgan fingerprint density at radius 3 is 0.929 bits per heavy atom. The van der Waals surface area contributed by atoms with Crippen molar-refractivity contribution in [3.8, 4) is 0 Å². The summed E-state index contributed by atoms with van der Waals surface area (Å²) in [5.41, 5.74) is 0. The Balaban J connectivity index is 0.000000607. The topological polar surface area (TPSA) is 167 Å². The van der Waals surface area contributed by atoms with Crippen molar-refractivity contribution in [1.29, 1.82) is 0 Å². The molecular formula is C16H32N2O8S2-4. The summed E-state index contributed by atoms with van der Waals surface area (Å²) in [7, 11) is -10.3. The van der Waals surface area contributed by atoms with Crippen molar-refractivity contribution in [1.82, 2.24) is 9.80 Å². The third-order valence-electron chi connectivity index (χ3n) is 4.60. The number of hydrogen-bond acceptors (Lipinski definition) is 10. The van der Waals surface area contributed by atoms with Crippen LogP contribution in [0.1, 0.15) is 64.2 Å². The second-order valence-corrected chi connectivity index (χ2v) is 8.67. The lowest BCUT2D eigenvalue weighted by Gasteiger charge is -2.22. The molecule has 0 N–H and O–H groups in total. The van der Waals surface area contributed by atoms with Crippen molar-refractivity contribution in [3.05, 3.63) is 0 Å². The van der Waals surface area contributed by atoms with Crippen LogP contribution in [0.3, 0.4) is 0 Å². The monoisotopic (exact) mass is 444 g/mol. The molecule has 2 heterocycles. The molecule has 0 saturated carbocycles. The lowest BCUT2D eigenvalue weighted by atomic mass is 10.2. The molecule has 2 aliphatic rings. The van der Waals surface area contributed by atoms with Crippen LogP contribution in [0.25, 0.3) is 0 Å². The van der Waals surface area contributed by atoms with Gasteiger partial charge < -0.3 is 28.0 Å². The van der Waals surface area contributed by atoms with Gasteiger partial charge in [0.25, 0.3) is 0 Å². The molecule has 10 nitrogen and oxygen atoms in total. The summed E-state index contributed by atoms with van der Waals surface area (Å²) in [5, 5.41) is 0. The fourth-order valence-corrected chi connectivity index (χ4v) is 3.39. The van der Waals surface area contributed by atoms with Gasteiger partial charge in [-0.2, -0.15) is 0 Å². The van der Waals surface area contributed by atoms with Crippen LogP contribution < -0.4 is 0 Å². The van der Waals surface area contributed by atoms with E-state index in [1.165, 1.54) is 103 Å². The average molecular weight is 445 g/mol. The summed E-state index contributed by atoms with van der Waals surface area (Å²) >= 11 is 0. The fourth-order valence-electron chi connectivity index (χ4n) is 3.39. The zero-order valence-corrected chi connectivity index (χ0v) is 17.9. The van der Waals surface area contributed by atoms with Crippen molar-refractivity contribution < 1.29 is 35.0 Å². The highest BCUT2D eigenvalue weighted by Gasteiger charge is 2.10. The lowest BCUT2D eigenvalue weighted by Crippen LogP contribution is -2.28. The van der Waals surface area contributed by atoms with Gasteiger partial charge in [-0.15, -0.1) is 0 Å². The quantitative estimate of drug-likeness (QED) is 0.336. The zero-order valence-electron chi connectivity index (χ0n) is 16.3. The van der Waals surface area contributed by atoms with Gasteiger partial charge in [0, 0.05) is 20.8 Å². The summed E-state index contributed by atoms with van der Waals surface area (Å²) in [6.45, 7) is 8.17. The molecule has 2 saturated heterocycles. The summed E-state index contributed by atoms with van der Waals surface area (Å²) in [6.07, 6.45) is 14.4. The van der Waals surface area contributed by atoms with E-state index in [1.54, 1.807) is 0 Å². The first-order chi connectivity index (χ1) is 12.9. The molecule has 12 heteroatoms. The molecule has 0 radical (unpaired) electrons. The van der Waals surface area contributed by atoms with E-state index in [1.807, 2.05) is 0 Å². The van der Waals surface area contributed by atoms with E-state index in [-0.39, 0.29) is 0 Å². The molecule has 0 atom stereocenters. The summed E-state index contributed by atoms with van der Waals surface area (Å²) in [5.74, 6) is 0. The van der Waals surface area contributed by atoms with Gasteiger partial charge >= 0.3 is 0 Å². The Hall–Kier alpha value is -0.340. The standard InChI is InChI=1S/C16H32N2.2H2O4S/c1-2-6-12-17(11-5-1)15-9-10-16-18-13-7-3-4-8-14-18;2*1-5(2,3)4/h1-16H2;2*(H2,1,2,3,4)/p-4. The van der Waals surface area contributed by atoms with E-state index in [4.69, 9.17) is 35.0 Å². The molecule has 0 unspecified atom stereocenters. The van der Waals surface area contributed by atoms with Crippen molar-refractivity contribution in [2.24, 2.45) is 0 Å². The van der Waals surface area contributed by atoms with E-state index in [0.29, 0.717) is 0 Å². The Labute approximate surface area is 169 Å². The van der Waals surface area contributed by atoms with E-state index in [9.17, 15) is 0 Å². The Kier molecular flexibility index (Phi) is 15.3. The molecule has 2 aliphatic heterocycles. The Morgan fingerprint density at radius 1 is 0.500 bits per heavy atom. The molecule has 0 amide bonds. The highest BCUT2D eigenvalue weighted by molar-refractivity contribution is 7.79. The summed E-state index contributed by atoms with van der Waals surface area (Å²) < 4.78 is 68.2. The smallest absolute Gasteiger partial charge is 0.0311 e. The number of likely N-dealkylation sites (tertiary alicyclic amines) is 2. The van der Waals surface area contributed by atoms with E-state index in [2.05, 4.69) is 9.80 Å². The maximum absolute atomic E-state index is 8.52. The molecule has 2 rings (SSSR count). The second kappa shape index (κ2) is 15.5. The molecule has 0 bridgehead atoms. The van der Waals surface area contributed by atoms with Gasteiger partial charge in [-0.1, -0.05) is 25.7 Å². The molecule has 0 aliphatic carbocycles. The normalized spacial score (nSPS) is 20.0. The van der Waals surface area contributed by atoms with Crippen molar-refractivity contribution in [3.63, 3.8) is 0 Å². The van der Waals surface area contributed by atoms with Crippen LogP contribution in [0.15, 0.2) is 0 Å². The van der Waals surface area contributed by atoms with Gasteiger partial charge in [0.1, 0.15) is 0 Å². The fraction of sp³-hybridized carbons (Fsp3) is 1.00. The van der Waals surface area contributed by atoms with Gasteiger partial charge in [-0.3, -0.25) is 16.8 Å². The average Bonchev–Trinajstić information content (AvgIpc) is 2.93. The minimum atomic E-state index is -5.17. The second-order valence-electron chi connectivity index (χ2n) is 7.04. The molecule has 0 aromatic rings. The first-order valence-electron chi connectivity index (χ1n) is 9.73. The van der Waals surface area contributed by atoms with Gasteiger partial charge in [-0.05, 0) is 77.8 Å². The predicted octanol–water partition coefficient (Wildman–Crippen LogP) is 0.843.